The monoisotopic (exact) mass is 384 g/mol. The topological polar surface area (TPSA) is 70.0 Å². The van der Waals surface area contributed by atoms with E-state index in [2.05, 4.69) is 20.7 Å². The smallest absolute Gasteiger partial charge is 0.261 e. The van der Waals surface area contributed by atoms with Crippen LogP contribution in [0.4, 0.5) is 5.69 Å². The molecule has 0 aliphatic heterocycles. The zero-order valence-electron chi connectivity index (χ0n) is 10.9. The average Bonchev–Trinajstić information content (AvgIpc) is 2.43. The number of anilines is 1. The molecule has 0 heterocycles. The highest BCUT2D eigenvalue weighted by atomic mass is 79.9. The maximum Gasteiger partial charge on any atom is 0.261 e. The van der Waals surface area contributed by atoms with Gasteiger partial charge in [-0.1, -0.05) is 29.3 Å². The Kier molecular flexibility index (Phi) is 4.57. The molecule has 2 rings (SSSR count). The molecule has 21 heavy (non-hydrogen) atoms. The Morgan fingerprint density at radius 2 is 1.86 bits per heavy atom. The first kappa shape index (κ1) is 15.8. The van der Waals surface area contributed by atoms with E-state index >= 15 is 0 Å². The van der Waals surface area contributed by atoms with Gasteiger partial charge in [-0.2, -0.15) is 5.26 Å². The Labute approximate surface area is 136 Å². The second-order valence-electron chi connectivity index (χ2n) is 4.35. The largest absolute Gasteiger partial charge is 0.277 e. The van der Waals surface area contributed by atoms with Gasteiger partial charge in [0.15, 0.2) is 0 Å². The quantitative estimate of drug-likeness (QED) is 0.865. The van der Waals surface area contributed by atoms with E-state index in [0.29, 0.717) is 10.0 Å². The van der Waals surface area contributed by atoms with Crippen molar-refractivity contribution in [2.45, 2.75) is 11.8 Å². The lowest BCUT2D eigenvalue weighted by molar-refractivity contribution is 0.601. The summed E-state index contributed by atoms with van der Waals surface area (Å²) in [5.41, 5.74) is 1.51. The van der Waals surface area contributed by atoms with Gasteiger partial charge >= 0.3 is 0 Å². The van der Waals surface area contributed by atoms with Crippen LogP contribution in [0.5, 0.6) is 0 Å². The number of aryl methyl sites for hydroxylation is 1. The average molecular weight is 386 g/mol. The van der Waals surface area contributed by atoms with Crippen LogP contribution in [0.15, 0.2) is 45.8 Å². The Balaban J connectivity index is 2.42. The first-order valence-corrected chi connectivity index (χ1v) is 8.47. The molecule has 2 aromatic rings. The minimum atomic E-state index is -3.74. The third-order valence-corrected chi connectivity index (χ3v) is 5.03. The number of nitrogens with zero attached hydrogens (tertiary/aromatic N) is 1. The van der Waals surface area contributed by atoms with Crippen LogP contribution in [-0.2, 0) is 10.0 Å². The summed E-state index contributed by atoms with van der Waals surface area (Å²) >= 11 is 9.24. The highest BCUT2D eigenvalue weighted by Crippen LogP contribution is 2.33. The molecule has 0 saturated carbocycles. The Bertz CT molecular complexity index is 804. The molecule has 0 radical (unpaired) electrons. The number of sulfonamides is 1. The van der Waals surface area contributed by atoms with Crippen molar-refractivity contribution in [3.05, 3.63) is 57.0 Å². The molecule has 4 nitrogen and oxygen atoms in total. The van der Waals surface area contributed by atoms with Gasteiger partial charge in [0.2, 0.25) is 0 Å². The molecule has 0 aliphatic rings. The van der Waals surface area contributed by atoms with Crippen molar-refractivity contribution in [3.8, 4) is 6.07 Å². The van der Waals surface area contributed by atoms with E-state index in [-0.39, 0.29) is 15.6 Å². The van der Waals surface area contributed by atoms with Gasteiger partial charge in [-0.25, -0.2) is 8.42 Å². The van der Waals surface area contributed by atoms with Crippen LogP contribution in [0.25, 0.3) is 0 Å². The summed E-state index contributed by atoms with van der Waals surface area (Å²) in [5.74, 6) is 0. The lowest BCUT2D eigenvalue weighted by Crippen LogP contribution is -2.13. The van der Waals surface area contributed by atoms with Gasteiger partial charge in [0.25, 0.3) is 10.0 Å². The fraction of sp³-hybridized carbons (Fsp3) is 0.0714. The molecule has 2 aromatic carbocycles. The van der Waals surface area contributed by atoms with Gasteiger partial charge in [-0.15, -0.1) is 0 Å². The molecule has 0 aromatic heterocycles. The number of benzene rings is 2. The van der Waals surface area contributed by atoms with Crippen molar-refractivity contribution in [3.63, 3.8) is 0 Å². The molecule has 0 atom stereocenters. The van der Waals surface area contributed by atoms with Crippen molar-refractivity contribution >= 4 is 43.2 Å². The third kappa shape index (κ3) is 3.56. The molecule has 0 aliphatic carbocycles. The van der Waals surface area contributed by atoms with E-state index < -0.39 is 10.0 Å². The summed E-state index contributed by atoms with van der Waals surface area (Å²) in [5, 5.41) is 9.00. The molecule has 0 spiro atoms. The van der Waals surface area contributed by atoms with Crippen LogP contribution >= 0.6 is 27.5 Å². The van der Waals surface area contributed by atoms with E-state index in [1.165, 1.54) is 24.3 Å². The fourth-order valence-corrected chi connectivity index (χ4v) is 3.87. The van der Waals surface area contributed by atoms with Crippen LogP contribution in [0.3, 0.4) is 0 Å². The van der Waals surface area contributed by atoms with E-state index in [1.807, 2.05) is 13.0 Å². The molecular weight excluding hydrogens is 376 g/mol. The first-order chi connectivity index (χ1) is 9.83. The molecule has 0 saturated heterocycles. The van der Waals surface area contributed by atoms with Crippen molar-refractivity contribution < 1.29 is 8.42 Å². The van der Waals surface area contributed by atoms with Crippen LogP contribution in [0.1, 0.15) is 11.1 Å². The lowest BCUT2D eigenvalue weighted by Gasteiger charge is -2.12. The molecule has 0 unspecified atom stereocenters. The van der Waals surface area contributed by atoms with Gasteiger partial charge in [0.1, 0.15) is 0 Å². The van der Waals surface area contributed by atoms with Gasteiger partial charge in [-0.05, 0) is 47.1 Å². The fourth-order valence-electron chi connectivity index (χ4n) is 1.65. The van der Waals surface area contributed by atoms with E-state index in [1.54, 1.807) is 12.1 Å². The highest BCUT2D eigenvalue weighted by Gasteiger charge is 2.18. The molecular formula is C14H10BrClN2O2S. The van der Waals surface area contributed by atoms with Crippen molar-refractivity contribution in [2.75, 3.05) is 4.72 Å². The third-order valence-electron chi connectivity index (χ3n) is 2.74. The van der Waals surface area contributed by atoms with Crippen LogP contribution < -0.4 is 4.72 Å². The van der Waals surface area contributed by atoms with Gasteiger partial charge in [-0.3, -0.25) is 4.72 Å². The number of hydrogen-bond donors (Lipinski definition) is 1. The molecule has 0 amide bonds. The maximum atomic E-state index is 12.3. The SMILES string of the molecule is Cc1ccc(S(=O)(=O)Nc2c(Cl)cc(C#N)cc2Br)cc1. The number of rotatable bonds is 3. The van der Waals surface area contributed by atoms with Crippen LogP contribution in [0, 0.1) is 18.3 Å². The van der Waals surface area contributed by atoms with Gasteiger partial charge in [0.05, 0.1) is 27.2 Å². The second kappa shape index (κ2) is 6.06. The molecule has 0 bridgehead atoms. The van der Waals surface area contributed by atoms with E-state index in [4.69, 9.17) is 16.9 Å². The van der Waals surface area contributed by atoms with Gasteiger partial charge < -0.3 is 0 Å². The van der Waals surface area contributed by atoms with E-state index in [0.717, 1.165) is 5.56 Å². The van der Waals surface area contributed by atoms with Crippen LogP contribution in [-0.4, -0.2) is 8.42 Å². The summed E-state index contributed by atoms with van der Waals surface area (Å²) in [6, 6.07) is 11.3. The Morgan fingerprint density at radius 3 is 2.38 bits per heavy atom. The van der Waals surface area contributed by atoms with Crippen molar-refractivity contribution in [1.82, 2.24) is 0 Å². The maximum absolute atomic E-state index is 12.3. The molecule has 0 fully saturated rings. The number of halogens is 2. The summed E-state index contributed by atoms with van der Waals surface area (Å²) in [6.07, 6.45) is 0. The van der Waals surface area contributed by atoms with Gasteiger partial charge in [0, 0.05) is 4.47 Å². The predicted octanol–water partition coefficient (Wildman–Crippen LogP) is 4.08. The second-order valence-corrected chi connectivity index (χ2v) is 7.29. The number of nitriles is 1. The molecule has 7 heteroatoms. The molecule has 1 N–H and O–H groups in total. The Morgan fingerprint density at radius 1 is 1.24 bits per heavy atom. The van der Waals surface area contributed by atoms with Crippen molar-refractivity contribution in [2.24, 2.45) is 0 Å². The minimum Gasteiger partial charge on any atom is -0.277 e. The zero-order chi connectivity index (χ0) is 15.6. The summed E-state index contributed by atoms with van der Waals surface area (Å²) in [6.45, 7) is 1.87. The first-order valence-electron chi connectivity index (χ1n) is 5.82. The van der Waals surface area contributed by atoms with Crippen LogP contribution in [0.2, 0.25) is 5.02 Å². The number of hydrogen-bond acceptors (Lipinski definition) is 3. The van der Waals surface area contributed by atoms with E-state index in [9.17, 15) is 8.42 Å². The number of nitrogens with one attached hydrogen (secondary N) is 1. The summed E-state index contributed by atoms with van der Waals surface area (Å²) in [7, 11) is -3.74. The summed E-state index contributed by atoms with van der Waals surface area (Å²) in [4.78, 5) is 0.139. The highest BCUT2D eigenvalue weighted by molar-refractivity contribution is 9.10. The summed E-state index contributed by atoms with van der Waals surface area (Å²) < 4.78 is 27.5. The Hall–Kier alpha value is -1.55. The predicted molar refractivity (Wildman–Crippen MR) is 85.9 cm³/mol. The standard InChI is InChI=1S/C14H10BrClN2O2S/c1-9-2-4-11(5-3-9)21(19,20)18-14-12(15)6-10(8-17)7-13(14)16/h2-7,18H,1H3. The normalized spacial score (nSPS) is 11.0. The minimum absolute atomic E-state index is 0.139. The zero-order valence-corrected chi connectivity index (χ0v) is 14.1. The molecule has 108 valence electrons. The van der Waals surface area contributed by atoms with Crippen molar-refractivity contribution in [1.29, 1.82) is 5.26 Å². The lowest BCUT2D eigenvalue weighted by atomic mass is 10.2.